The van der Waals surface area contributed by atoms with E-state index in [-0.39, 0.29) is 5.91 Å². The molecule has 0 saturated heterocycles. The van der Waals surface area contributed by atoms with E-state index < -0.39 is 0 Å². The molecule has 0 bridgehead atoms. The van der Waals surface area contributed by atoms with Crippen LogP contribution in [0.3, 0.4) is 0 Å². The van der Waals surface area contributed by atoms with Crippen LogP contribution in [0.5, 0.6) is 0 Å². The molecular weight excluding hydrogens is 360 g/mol. The van der Waals surface area contributed by atoms with Crippen molar-refractivity contribution in [3.63, 3.8) is 0 Å². The molecule has 1 N–H and O–H groups in total. The van der Waals surface area contributed by atoms with Crippen LogP contribution in [-0.2, 0) is 29.3 Å². The Balaban J connectivity index is 1.46. The molecule has 29 heavy (non-hydrogen) atoms. The third kappa shape index (κ3) is 6.77. The molecule has 150 valence electrons. The maximum Gasteiger partial charge on any atom is 0.239 e. The normalized spacial score (nSPS) is 10.5. The van der Waals surface area contributed by atoms with Gasteiger partial charge in [-0.3, -0.25) is 4.79 Å². The number of anilines is 1. The lowest BCUT2D eigenvalue weighted by atomic mass is 10.1. The number of rotatable bonds is 10. The number of carbonyl (C=O) groups is 1. The lowest BCUT2D eigenvalue weighted by Gasteiger charge is -2.22. The summed E-state index contributed by atoms with van der Waals surface area (Å²) < 4.78 is 5.81. The van der Waals surface area contributed by atoms with Gasteiger partial charge in [0, 0.05) is 18.8 Å². The van der Waals surface area contributed by atoms with E-state index in [1.807, 2.05) is 66.7 Å². The summed E-state index contributed by atoms with van der Waals surface area (Å²) in [6, 6.07) is 28.3. The van der Waals surface area contributed by atoms with E-state index >= 15 is 0 Å². The van der Waals surface area contributed by atoms with Crippen LogP contribution in [0.4, 0.5) is 5.69 Å². The Kier molecular flexibility index (Phi) is 7.84. The minimum Gasteiger partial charge on any atom is -0.372 e. The van der Waals surface area contributed by atoms with Crippen LogP contribution < -0.4 is 10.2 Å². The second-order valence-electron chi connectivity index (χ2n) is 6.92. The minimum absolute atomic E-state index is 0.0152. The van der Waals surface area contributed by atoms with E-state index in [9.17, 15) is 4.79 Å². The first kappa shape index (κ1) is 20.6. The zero-order valence-electron chi connectivity index (χ0n) is 16.9. The predicted molar refractivity (Wildman–Crippen MR) is 118 cm³/mol. The third-order valence-corrected chi connectivity index (χ3v) is 4.70. The zero-order chi connectivity index (χ0) is 20.3. The molecule has 0 spiro atoms. The topological polar surface area (TPSA) is 41.6 Å². The second-order valence-corrected chi connectivity index (χ2v) is 6.92. The number of hydrogen-bond donors (Lipinski definition) is 1. The Labute approximate surface area is 173 Å². The minimum atomic E-state index is 0.0152. The highest BCUT2D eigenvalue weighted by molar-refractivity contribution is 5.81. The van der Waals surface area contributed by atoms with E-state index in [4.69, 9.17) is 4.74 Å². The SMILES string of the molecule is CCN(CC(=O)NCc1cccc(COCc2ccccc2)c1)c1ccccc1. The van der Waals surface area contributed by atoms with E-state index in [0.29, 0.717) is 26.3 Å². The highest BCUT2D eigenvalue weighted by atomic mass is 16.5. The zero-order valence-corrected chi connectivity index (χ0v) is 16.9. The maximum atomic E-state index is 12.4. The maximum absolute atomic E-state index is 12.4. The Hall–Kier alpha value is -3.11. The Morgan fingerprint density at radius 1 is 0.828 bits per heavy atom. The molecule has 4 heteroatoms. The molecule has 0 saturated carbocycles. The van der Waals surface area contributed by atoms with Crippen molar-refractivity contribution in [3.05, 3.63) is 102 Å². The Bertz CT molecular complexity index is 882. The summed E-state index contributed by atoms with van der Waals surface area (Å²) in [6.07, 6.45) is 0. The summed E-state index contributed by atoms with van der Waals surface area (Å²) in [6.45, 7) is 4.84. The summed E-state index contributed by atoms with van der Waals surface area (Å²) in [4.78, 5) is 14.5. The van der Waals surface area contributed by atoms with Crippen LogP contribution in [0.2, 0.25) is 0 Å². The van der Waals surface area contributed by atoms with Gasteiger partial charge in [-0.15, -0.1) is 0 Å². The van der Waals surface area contributed by atoms with Crippen molar-refractivity contribution in [2.24, 2.45) is 0 Å². The fourth-order valence-electron chi connectivity index (χ4n) is 3.14. The van der Waals surface area contributed by atoms with Crippen molar-refractivity contribution in [2.75, 3.05) is 18.0 Å². The first-order valence-corrected chi connectivity index (χ1v) is 10.0. The number of ether oxygens (including phenoxy) is 1. The van der Waals surface area contributed by atoms with E-state index in [1.54, 1.807) is 0 Å². The average molecular weight is 389 g/mol. The van der Waals surface area contributed by atoms with Crippen molar-refractivity contribution in [3.8, 4) is 0 Å². The number of amides is 1. The van der Waals surface area contributed by atoms with Gasteiger partial charge in [0.2, 0.25) is 5.91 Å². The van der Waals surface area contributed by atoms with Crippen molar-refractivity contribution in [2.45, 2.75) is 26.7 Å². The Morgan fingerprint density at radius 3 is 2.17 bits per heavy atom. The largest absolute Gasteiger partial charge is 0.372 e. The second kappa shape index (κ2) is 11.0. The fourth-order valence-corrected chi connectivity index (χ4v) is 3.14. The average Bonchev–Trinajstić information content (AvgIpc) is 2.78. The molecule has 0 heterocycles. The number of carbonyl (C=O) groups excluding carboxylic acids is 1. The van der Waals surface area contributed by atoms with Crippen LogP contribution in [0, 0.1) is 0 Å². The third-order valence-electron chi connectivity index (χ3n) is 4.70. The summed E-state index contributed by atoms with van der Waals surface area (Å²) in [5.41, 5.74) is 4.39. The molecule has 0 aliphatic rings. The van der Waals surface area contributed by atoms with Crippen molar-refractivity contribution in [1.82, 2.24) is 5.32 Å². The van der Waals surface area contributed by atoms with Crippen LogP contribution >= 0.6 is 0 Å². The number of nitrogens with one attached hydrogen (secondary N) is 1. The quantitative estimate of drug-likeness (QED) is 0.554. The predicted octanol–water partition coefficient (Wildman–Crippen LogP) is 4.55. The monoisotopic (exact) mass is 388 g/mol. The molecule has 0 aliphatic heterocycles. The summed E-state index contributed by atoms with van der Waals surface area (Å²) in [7, 11) is 0. The standard InChI is InChI=1S/C25H28N2O2/c1-2-27(24-14-7-4-8-15-24)18-25(28)26-17-22-12-9-13-23(16-22)20-29-19-21-10-5-3-6-11-21/h3-16H,2,17-20H2,1H3,(H,26,28). The van der Waals surface area contributed by atoms with Gasteiger partial charge in [-0.25, -0.2) is 0 Å². The molecule has 1 amide bonds. The van der Waals surface area contributed by atoms with Gasteiger partial charge in [-0.1, -0.05) is 72.8 Å². The number of nitrogens with zero attached hydrogens (tertiary/aromatic N) is 1. The van der Waals surface area contributed by atoms with Gasteiger partial charge in [-0.2, -0.15) is 0 Å². The van der Waals surface area contributed by atoms with E-state index in [1.165, 1.54) is 0 Å². The summed E-state index contributed by atoms with van der Waals surface area (Å²) in [5.74, 6) is 0.0152. The van der Waals surface area contributed by atoms with Crippen LogP contribution in [0.25, 0.3) is 0 Å². The Morgan fingerprint density at radius 2 is 1.45 bits per heavy atom. The molecule has 0 aromatic heterocycles. The molecule has 3 rings (SSSR count). The van der Waals surface area contributed by atoms with Crippen molar-refractivity contribution < 1.29 is 9.53 Å². The van der Waals surface area contributed by atoms with Crippen LogP contribution in [0.1, 0.15) is 23.6 Å². The first-order valence-electron chi connectivity index (χ1n) is 10.0. The lowest BCUT2D eigenvalue weighted by Crippen LogP contribution is -2.36. The molecule has 0 aliphatic carbocycles. The van der Waals surface area contributed by atoms with Crippen molar-refractivity contribution >= 4 is 11.6 Å². The molecule has 3 aromatic rings. The number of hydrogen-bond acceptors (Lipinski definition) is 3. The number of para-hydroxylation sites is 1. The number of likely N-dealkylation sites (N-methyl/N-ethyl adjacent to an activating group) is 1. The van der Waals surface area contributed by atoms with Gasteiger partial charge in [0.15, 0.2) is 0 Å². The molecule has 3 aromatic carbocycles. The van der Waals surface area contributed by atoms with Gasteiger partial charge in [0.25, 0.3) is 0 Å². The van der Waals surface area contributed by atoms with Crippen LogP contribution in [-0.4, -0.2) is 19.0 Å². The van der Waals surface area contributed by atoms with Gasteiger partial charge in [0.1, 0.15) is 0 Å². The first-order chi connectivity index (χ1) is 14.2. The molecule has 0 atom stereocenters. The highest BCUT2D eigenvalue weighted by Gasteiger charge is 2.09. The summed E-state index contributed by atoms with van der Waals surface area (Å²) in [5, 5.41) is 3.02. The van der Waals surface area contributed by atoms with E-state index in [2.05, 4.69) is 35.3 Å². The molecule has 0 radical (unpaired) electrons. The smallest absolute Gasteiger partial charge is 0.239 e. The van der Waals surface area contributed by atoms with Gasteiger partial charge < -0.3 is 15.0 Å². The van der Waals surface area contributed by atoms with Gasteiger partial charge in [-0.05, 0) is 35.7 Å². The van der Waals surface area contributed by atoms with Crippen molar-refractivity contribution in [1.29, 1.82) is 0 Å². The fraction of sp³-hybridized carbons (Fsp3) is 0.240. The molecular formula is C25H28N2O2. The van der Waals surface area contributed by atoms with Crippen LogP contribution in [0.15, 0.2) is 84.9 Å². The summed E-state index contributed by atoms with van der Waals surface area (Å²) >= 11 is 0. The molecule has 0 unspecified atom stereocenters. The lowest BCUT2D eigenvalue weighted by molar-refractivity contribution is -0.119. The van der Waals surface area contributed by atoms with Gasteiger partial charge >= 0.3 is 0 Å². The molecule has 4 nitrogen and oxygen atoms in total. The van der Waals surface area contributed by atoms with Gasteiger partial charge in [0.05, 0.1) is 19.8 Å². The van der Waals surface area contributed by atoms with E-state index in [0.717, 1.165) is 28.9 Å². The number of benzene rings is 3. The molecule has 0 fully saturated rings. The highest BCUT2D eigenvalue weighted by Crippen LogP contribution is 2.12.